The van der Waals surface area contributed by atoms with Crippen molar-refractivity contribution in [3.05, 3.63) is 5.28 Å². The molecule has 7 nitrogen and oxygen atoms in total. The van der Waals surface area contributed by atoms with Crippen LogP contribution in [0.25, 0.3) is 0 Å². The van der Waals surface area contributed by atoms with Gasteiger partial charge in [-0.15, -0.1) is 0 Å². The number of amides is 1. The van der Waals surface area contributed by atoms with E-state index in [4.69, 9.17) is 16.3 Å². The summed E-state index contributed by atoms with van der Waals surface area (Å²) in [5.74, 6) is 0.306. The molecule has 106 valence electrons. The van der Waals surface area contributed by atoms with E-state index in [2.05, 4.69) is 15.0 Å². The summed E-state index contributed by atoms with van der Waals surface area (Å²) in [6, 6.07) is 0.122. The SMILES string of the molecule is CCN(CC)C(=O)CN(C)c1nc(Cl)nc(OC)n1. The van der Waals surface area contributed by atoms with Gasteiger partial charge in [0.25, 0.3) is 0 Å². The van der Waals surface area contributed by atoms with Gasteiger partial charge in [0.05, 0.1) is 13.7 Å². The van der Waals surface area contributed by atoms with Crippen molar-refractivity contribution in [2.75, 3.05) is 38.7 Å². The Labute approximate surface area is 117 Å². The minimum Gasteiger partial charge on any atom is -0.467 e. The second-order valence-electron chi connectivity index (χ2n) is 3.81. The fraction of sp³-hybridized carbons (Fsp3) is 0.636. The number of halogens is 1. The highest BCUT2D eigenvalue weighted by atomic mass is 35.5. The first-order chi connectivity index (χ1) is 9.01. The fourth-order valence-corrected chi connectivity index (χ4v) is 1.68. The first-order valence-electron chi connectivity index (χ1n) is 5.96. The summed E-state index contributed by atoms with van der Waals surface area (Å²) in [6.07, 6.45) is 0. The molecule has 19 heavy (non-hydrogen) atoms. The van der Waals surface area contributed by atoms with Crippen molar-refractivity contribution in [1.29, 1.82) is 0 Å². The molecule has 0 aliphatic heterocycles. The van der Waals surface area contributed by atoms with Crippen molar-refractivity contribution >= 4 is 23.5 Å². The molecule has 0 radical (unpaired) electrons. The number of ether oxygens (including phenoxy) is 1. The molecule has 0 N–H and O–H groups in total. The molecule has 0 fully saturated rings. The van der Waals surface area contributed by atoms with Gasteiger partial charge in [-0.25, -0.2) is 0 Å². The Balaban J connectivity index is 2.80. The van der Waals surface area contributed by atoms with Gasteiger partial charge in [-0.2, -0.15) is 15.0 Å². The maximum atomic E-state index is 12.0. The molecule has 0 atom stereocenters. The molecule has 0 spiro atoms. The summed E-state index contributed by atoms with van der Waals surface area (Å²) in [4.78, 5) is 27.1. The van der Waals surface area contributed by atoms with Gasteiger partial charge in [0.2, 0.25) is 17.1 Å². The van der Waals surface area contributed by atoms with Gasteiger partial charge in [-0.3, -0.25) is 4.79 Å². The highest BCUT2D eigenvalue weighted by Crippen LogP contribution is 2.13. The molecule has 1 rings (SSSR count). The van der Waals surface area contributed by atoms with Crippen molar-refractivity contribution in [2.24, 2.45) is 0 Å². The molecule has 0 saturated heterocycles. The van der Waals surface area contributed by atoms with Gasteiger partial charge in [0, 0.05) is 20.1 Å². The maximum absolute atomic E-state index is 12.0. The smallest absolute Gasteiger partial charge is 0.322 e. The standard InChI is InChI=1S/C11H18ClN5O2/c1-5-17(6-2)8(18)7-16(3)10-13-9(12)14-11(15-10)19-4/h5-7H2,1-4H3. The summed E-state index contributed by atoms with van der Waals surface area (Å²) in [5, 5.41) is 0.0315. The number of carbonyl (C=O) groups is 1. The number of methoxy groups -OCH3 is 1. The third-order valence-corrected chi connectivity index (χ3v) is 2.76. The normalized spacial score (nSPS) is 10.2. The van der Waals surface area contributed by atoms with Crippen molar-refractivity contribution in [3.8, 4) is 6.01 Å². The third-order valence-electron chi connectivity index (χ3n) is 2.59. The Morgan fingerprint density at radius 2 is 1.89 bits per heavy atom. The summed E-state index contributed by atoms with van der Waals surface area (Å²) in [6.45, 7) is 5.38. The van der Waals surface area contributed by atoms with Crippen LogP contribution in [0, 0.1) is 0 Å². The Kier molecular flexibility index (Phi) is 5.75. The van der Waals surface area contributed by atoms with E-state index in [1.165, 1.54) is 7.11 Å². The Hall–Kier alpha value is -1.63. The van der Waals surface area contributed by atoms with Crippen LogP contribution in [-0.2, 0) is 4.79 Å². The van der Waals surface area contributed by atoms with Crippen molar-refractivity contribution in [2.45, 2.75) is 13.8 Å². The fourth-order valence-electron chi connectivity index (χ4n) is 1.53. The van der Waals surface area contributed by atoms with Crippen LogP contribution in [0.3, 0.4) is 0 Å². The first kappa shape index (κ1) is 15.4. The van der Waals surface area contributed by atoms with Crippen molar-refractivity contribution in [1.82, 2.24) is 19.9 Å². The Morgan fingerprint density at radius 1 is 1.26 bits per heavy atom. The van der Waals surface area contributed by atoms with Gasteiger partial charge in [-0.05, 0) is 25.4 Å². The number of aromatic nitrogens is 3. The van der Waals surface area contributed by atoms with Gasteiger partial charge >= 0.3 is 6.01 Å². The molecule has 0 aromatic carbocycles. The monoisotopic (exact) mass is 287 g/mol. The number of rotatable bonds is 6. The molecule has 0 unspecified atom stereocenters. The number of nitrogens with zero attached hydrogens (tertiary/aromatic N) is 5. The van der Waals surface area contributed by atoms with E-state index in [-0.39, 0.29) is 23.7 Å². The van der Waals surface area contributed by atoms with Crippen LogP contribution in [-0.4, -0.2) is 59.6 Å². The van der Waals surface area contributed by atoms with Crippen LogP contribution in [0.4, 0.5) is 5.95 Å². The van der Waals surface area contributed by atoms with Gasteiger partial charge in [0.1, 0.15) is 0 Å². The van der Waals surface area contributed by atoms with Crippen LogP contribution in [0.15, 0.2) is 0 Å². The molecule has 1 amide bonds. The number of hydrogen-bond acceptors (Lipinski definition) is 6. The Morgan fingerprint density at radius 3 is 2.42 bits per heavy atom. The van der Waals surface area contributed by atoms with Crippen LogP contribution in [0.1, 0.15) is 13.8 Å². The summed E-state index contributed by atoms with van der Waals surface area (Å²) >= 11 is 5.76. The largest absolute Gasteiger partial charge is 0.467 e. The molecular weight excluding hydrogens is 270 g/mol. The predicted octanol–water partition coefficient (Wildman–Crippen LogP) is 0.838. The lowest BCUT2D eigenvalue weighted by Crippen LogP contribution is -2.39. The molecule has 1 aromatic rings. The van der Waals surface area contributed by atoms with Crippen molar-refractivity contribution in [3.63, 3.8) is 0 Å². The molecule has 1 heterocycles. The average Bonchev–Trinajstić information content (AvgIpc) is 2.39. The van der Waals surface area contributed by atoms with E-state index in [1.54, 1.807) is 16.8 Å². The van der Waals surface area contributed by atoms with Crippen LogP contribution in [0.2, 0.25) is 5.28 Å². The lowest BCUT2D eigenvalue weighted by atomic mass is 10.4. The third kappa shape index (κ3) is 4.20. The number of likely N-dealkylation sites (N-methyl/N-ethyl adjacent to an activating group) is 2. The maximum Gasteiger partial charge on any atom is 0.322 e. The predicted molar refractivity (Wildman–Crippen MR) is 72.6 cm³/mol. The molecular formula is C11H18ClN5O2. The van der Waals surface area contributed by atoms with E-state index in [0.29, 0.717) is 19.0 Å². The minimum absolute atomic E-state index is 0.00278. The summed E-state index contributed by atoms with van der Waals surface area (Å²) < 4.78 is 4.91. The number of hydrogen-bond donors (Lipinski definition) is 0. The van der Waals surface area contributed by atoms with E-state index < -0.39 is 0 Å². The molecule has 0 aliphatic rings. The lowest BCUT2D eigenvalue weighted by molar-refractivity contribution is -0.129. The average molecular weight is 288 g/mol. The van der Waals surface area contributed by atoms with E-state index in [0.717, 1.165) is 0 Å². The van der Waals surface area contributed by atoms with E-state index >= 15 is 0 Å². The summed E-state index contributed by atoms with van der Waals surface area (Å²) in [7, 11) is 3.16. The second-order valence-corrected chi connectivity index (χ2v) is 4.15. The van der Waals surface area contributed by atoms with Gasteiger partial charge < -0.3 is 14.5 Å². The highest BCUT2D eigenvalue weighted by molar-refractivity contribution is 6.28. The van der Waals surface area contributed by atoms with Crippen molar-refractivity contribution < 1.29 is 9.53 Å². The first-order valence-corrected chi connectivity index (χ1v) is 6.34. The van der Waals surface area contributed by atoms with Crippen LogP contribution < -0.4 is 9.64 Å². The topological polar surface area (TPSA) is 71.5 Å². The number of anilines is 1. The zero-order valence-electron chi connectivity index (χ0n) is 11.6. The molecule has 0 saturated carbocycles. The zero-order chi connectivity index (χ0) is 14.4. The minimum atomic E-state index is 0.00278. The van der Waals surface area contributed by atoms with Crippen LogP contribution >= 0.6 is 11.6 Å². The van der Waals surface area contributed by atoms with E-state index in [1.807, 2.05) is 13.8 Å². The molecule has 8 heteroatoms. The number of carbonyl (C=O) groups excluding carboxylic acids is 1. The molecule has 0 bridgehead atoms. The summed E-state index contributed by atoms with van der Waals surface area (Å²) in [5.41, 5.74) is 0. The highest BCUT2D eigenvalue weighted by Gasteiger charge is 2.16. The molecule has 0 aliphatic carbocycles. The second kappa shape index (κ2) is 7.08. The quantitative estimate of drug-likeness (QED) is 0.772. The zero-order valence-corrected chi connectivity index (χ0v) is 12.3. The van der Waals surface area contributed by atoms with Gasteiger partial charge in [0.15, 0.2) is 0 Å². The van der Waals surface area contributed by atoms with Gasteiger partial charge in [-0.1, -0.05) is 0 Å². The lowest BCUT2D eigenvalue weighted by Gasteiger charge is -2.23. The molecule has 1 aromatic heterocycles. The Bertz CT molecular complexity index is 439. The van der Waals surface area contributed by atoms with Crippen LogP contribution in [0.5, 0.6) is 6.01 Å². The van der Waals surface area contributed by atoms with E-state index in [9.17, 15) is 4.79 Å².